The first-order chi connectivity index (χ1) is 8.68. The van der Waals surface area contributed by atoms with Crippen molar-refractivity contribution < 1.29 is 4.92 Å². The fourth-order valence-electron chi connectivity index (χ4n) is 1.89. The standard InChI is InChI=1S/C12H16N4O2/c1-9-10(4-2-5-11(9)16(17)18)8-15-12-13-6-3-7-14-12/h2,4-5H,3,6-8H2,1H3,(H2,13,14,15). The molecule has 0 aromatic heterocycles. The third-order valence-electron chi connectivity index (χ3n) is 2.96. The lowest BCUT2D eigenvalue weighted by Gasteiger charge is -2.16. The van der Waals surface area contributed by atoms with E-state index in [0.29, 0.717) is 12.1 Å². The van der Waals surface area contributed by atoms with E-state index in [0.717, 1.165) is 31.0 Å². The molecule has 0 saturated carbocycles. The molecule has 0 bridgehead atoms. The van der Waals surface area contributed by atoms with Gasteiger partial charge < -0.3 is 10.6 Å². The summed E-state index contributed by atoms with van der Waals surface area (Å²) in [6, 6.07) is 5.12. The van der Waals surface area contributed by atoms with Gasteiger partial charge in [0.1, 0.15) is 0 Å². The molecule has 1 heterocycles. The fourth-order valence-corrected chi connectivity index (χ4v) is 1.89. The predicted molar refractivity (Wildman–Crippen MR) is 69.6 cm³/mol. The van der Waals surface area contributed by atoms with E-state index in [4.69, 9.17) is 0 Å². The zero-order valence-corrected chi connectivity index (χ0v) is 10.3. The molecule has 1 aromatic carbocycles. The van der Waals surface area contributed by atoms with Crippen molar-refractivity contribution in [2.45, 2.75) is 19.9 Å². The van der Waals surface area contributed by atoms with Crippen LogP contribution in [0, 0.1) is 17.0 Å². The van der Waals surface area contributed by atoms with Crippen LogP contribution in [0.25, 0.3) is 0 Å². The summed E-state index contributed by atoms with van der Waals surface area (Å²) in [5.41, 5.74) is 1.78. The summed E-state index contributed by atoms with van der Waals surface area (Å²) in [6.45, 7) is 4.05. The number of guanidine groups is 1. The summed E-state index contributed by atoms with van der Waals surface area (Å²) < 4.78 is 0. The molecule has 0 unspecified atom stereocenters. The zero-order chi connectivity index (χ0) is 13.0. The highest BCUT2D eigenvalue weighted by Gasteiger charge is 2.13. The van der Waals surface area contributed by atoms with Crippen LogP contribution in [-0.2, 0) is 6.54 Å². The molecule has 6 nitrogen and oxygen atoms in total. The van der Waals surface area contributed by atoms with E-state index in [1.165, 1.54) is 6.07 Å². The van der Waals surface area contributed by atoms with Crippen molar-refractivity contribution in [3.8, 4) is 0 Å². The number of nitrogens with zero attached hydrogens (tertiary/aromatic N) is 2. The molecule has 0 amide bonds. The van der Waals surface area contributed by atoms with E-state index in [1.807, 2.05) is 6.07 Å². The molecular weight excluding hydrogens is 232 g/mol. The Morgan fingerprint density at radius 2 is 2.39 bits per heavy atom. The number of nitro groups is 1. The SMILES string of the molecule is Cc1c(CNC2=NCCCN2)cccc1[N+](=O)[O-]. The van der Waals surface area contributed by atoms with Crippen molar-refractivity contribution in [2.75, 3.05) is 13.1 Å². The van der Waals surface area contributed by atoms with Crippen LogP contribution in [0.2, 0.25) is 0 Å². The van der Waals surface area contributed by atoms with Gasteiger partial charge in [-0.25, -0.2) is 0 Å². The first-order valence-electron chi connectivity index (χ1n) is 5.93. The average molecular weight is 248 g/mol. The van der Waals surface area contributed by atoms with Crippen molar-refractivity contribution >= 4 is 11.6 Å². The third-order valence-corrected chi connectivity index (χ3v) is 2.96. The lowest BCUT2D eigenvalue weighted by atomic mass is 10.1. The summed E-state index contributed by atoms with van der Waals surface area (Å²) in [4.78, 5) is 14.8. The highest BCUT2D eigenvalue weighted by atomic mass is 16.6. The molecule has 96 valence electrons. The Labute approximate surface area is 105 Å². The van der Waals surface area contributed by atoms with Gasteiger partial charge in [-0.15, -0.1) is 0 Å². The maximum Gasteiger partial charge on any atom is 0.272 e. The maximum absolute atomic E-state index is 10.8. The van der Waals surface area contributed by atoms with E-state index in [1.54, 1.807) is 13.0 Å². The van der Waals surface area contributed by atoms with Crippen molar-refractivity contribution in [1.82, 2.24) is 10.6 Å². The van der Waals surface area contributed by atoms with Crippen LogP contribution in [-0.4, -0.2) is 24.0 Å². The highest BCUT2D eigenvalue weighted by Crippen LogP contribution is 2.20. The van der Waals surface area contributed by atoms with Crippen LogP contribution in [0.3, 0.4) is 0 Å². The largest absolute Gasteiger partial charge is 0.356 e. The Morgan fingerprint density at radius 1 is 1.56 bits per heavy atom. The number of rotatable bonds is 3. The van der Waals surface area contributed by atoms with Gasteiger partial charge in [-0.3, -0.25) is 15.1 Å². The van der Waals surface area contributed by atoms with Gasteiger partial charge >= 0.3 is 0 Å². The molecule has 2 rings (SSSR count). The van der Waals surface area contributed by atoms with Crippen molar-refractivity contribution in [3.63, 3.8) is 0 Å². The number of nitro benzene ring substituents is 1. The van der Waals surface area contributed by atoms with Crippen molar-refractivity contribution in [3.05, 3.63) is 39.4 Å². The quantitative estimate of drug-likeness (QED) is 0.625. The van der Waals surface area contributed by atoms with Gasteiger partial charge in [0.25, 0.3) is 5.69 Å². The van der Waals surface area contributed by atoms with E-state index in [2.05, 4.69) is 15.6 Å². The van der Waals surface area contributed by atoms with Gasteiger partial charge in [-0.2, -0.15) is 0 Å². The van der Waals surface area contributed by atoms with Crippen molar-refractivity contribution in [1.29, 1.82) is 0 Å². The topological polar surface area (TPSA) is 79.6 Å². The summed E-state index contributed by atoms with van der Waals surface area (Å²) >= 11 is 0. The lowest BCUT2D eigenvalue weighted by Crippen LogP contribution is -2.40. The zero-order valence-electron chi connectivity index (χ0n) is 10.3. The van der Waals surface area contributed by atoms with Gasteiger partial charge in [-0.1, -0.05) is 12.1 Å². The molecule has 18 heavy (non-hydrogen) atoms. The normalized spacial score (nSPS) is 14.6. The Kier molecular flexibility index (Phi) is 3.76. The molecule has 0 radical (unpaired) electrons. The molecule has 1 aliphatic heterocycles. The van der Waals surface area contributed by atoms with Gasteiger partial charge in [0.2, 0.25) is 0 Å². The molecule has 0 spiro atoms. The van der Waals surface area contributed by atoms with Gasteiger partial charge in [0.05, 0.1) is 4.92 Å². The molecular formula is C12H16N4O2. The van der Waals surface area contributed by atoms with Crippen LogP contribution < -0.4 is 10.6 Å². The van der Waals surface area contributed by atoms with E-state index < -0.39 is 0 Å². The van der Waals surface area contributed by atoms with Crippen LogP contribution in [0.15, 0.2) is 23.2 Å². The van der Waals surface area contributed by atoms with E-state index >= 15 is 0 Å². The molecule has 1 aliphatic rings. The molecule has 0 saturated heterocycles. The monoisotopic (exact) mass is 248 g/mol. The highest BCUT2D eigenvalue weighted by molar-refractivity contribution is 5.80. The van der Waals surface area contributed by atoms with Crippen LogP contribution in [0.4, 0.5) is 5.69 Å². The average Bonchev–Trinajstić information content (AvgIpc) is 2.38. The Hall–Kier alpha value is -2.11. The molecule has 2 N–H and O–H groups in total. The van der Waals surface area contributed by atoms with Crippen LogP contribution in [0.1, 0.15) is 17.5 Å². The molecule has 0 aliphatic carbocycles. The van der Waals surface area contributed by atoms with E-state index in [-0.39, 0.29) is 10.6 Å². The fraction of sp³-hybridized carbons (Fsp3) is 0.417. The predicted octanol–water partition coefficient (Wildman–Crippen LogP) is 1.34. The number of hydrogen-bond donors (Lipinski definition) is 2. The summed E-state index contributed by atoms with van der Waals surface area (Å²) in [7, 11) is 0. The Balaban J connectivity index is 2.07. The summed E-state index contributed by atoms with van der Waals surface area (Å²) in [5.74, 6) is 0.771. The van der Waals surface area contributed by atoms with Crippen molar-refractivity contribution in [2.24, 2.45) is 4.99 Å². The summed E-state index contributed by atoms with van der Waals surface area (Å²) in [5, 5.41) is 17.1. The minimum atomic E-state index is -0.352. The third kappa shape index (κ3) is 2.77. The second-order valence-electron chi connectivity index (χ2n) is 4.18. The second-order valence-corrected chi connectivity index (χ2v) is 4.18. The first-order valence-corrected chi connectivity index (χ1v) is 5.93. The maximum atomic E-state index is 10.8. The van der Waals surface area contributed by atoms with Crippen LogP contribution >= 0.6 is 0 Å². The minimum absolute atomic E-state index is 0.160. The van der Waals surface area contributed by atoms with Gasteiger partial charge in [0.15, 0.2) is 5.96 Å². The number of hydrogen-bond acceptors (Lipinski definition) is 5. The van der Waals surface area contributed by atoms with Crippen LogP contribution in [0.5, 0.6) is 0 Å². The summed E-state index contributed by atoms with van der Waals surface area (Å²) in [6.07, 6.45) is 1.04. The Bertz CT molecular complexity index is 485. The molecule has 0 fully saturated rings. The minimum Gasteiger partial charge on any atom is -0.356 e. The lowest BCUT2D eigenvalue weighted by molar-refractivity contribution is -0.385. The first kappa shape index (κ1) is 12.3. The number of aliphatic imine (C=N–C) groups is 1. The van der Waals surface area contributed by atoms with Gasteiger partial charge in [-0.05, 0) is 18.9 Å². The number of nitrogens with one attached hydrogen (secondary N) is 2. The molecule has 1 aromatic rings. The van der Waals surface area contributed by atoms with E-state index in [9.17, 15) is 10.1 Å². The second kappa shape index (κ2) is 5.48. The number of benzene rings is 1. The Morgan fingerprint density at radius 3 is 3.06 bits per heavy atom. The molecule has 0 atom stereocenters. The molecule has 6 heteroatoms. The van der Waals surface area contributed by atoms with Gasteiger partial charge in [0, 0.05) is 31.3 Å². The smallest absolute Gasteiger partial charge is 0.272 e.